The van der Waals surface area contributed by atoms with Gasteiger partial charge in [0.05, 0.1) is 78.9 Å². The van der Waals surface area contributed by atoms with E-state index in [1.54, 1.807) is 0 Å². The summed E-state index contributed by atoms with van der Waals surface area (Å²) in [4.78, 5) is 20.8. The first-order chi connectivity index (χ1) is 21.1. The summed E-state index contributed by atoms with van der Waals surface area (Å²) in [6.45, 7) is 13.2. The summed E-state index contributed by atoms with van der Waals surface area (Å²) in [7, 11) is 0. The molecule has 0 fully saturated rings. The van der Waals surface area contributed by atoms with Crippen LogP contribution in [0, 0.1) is 0 Å². The van der Waals surface area contributed by atoms with Gasteiger partial charge in [-0.15, -0.1) is 0 Å². The zero-order valence-electron chi connectivity index (χ0n) is 26.3. The predicted octanol–water partition coefficient (Wildman–Crippen LogP) is 0.344. The van der Waals surface area contributed by atoms with Gasteiger partial charge in [0.2, 0.25) is 0 Å². The van der Waals surface area contributed by atoms with Gasteiger partial charge >= 0.3 is 11.9 Å². The minimum Gasteiger partial charge on any atom is -0.481 e. The second kappa shape index (κ2) is 36.7. The molecule has 6 N–H and O–H groups in total. The van der Waals surface area contributed by atoms with Crippen LogP contribution >= 0.6 is 0 Å². The van der Waals surface area contributed by atoms with E-state index in [1.165, 1.54) is 6.42 Å². The summed E-state index contributed by atoms with van der Waals surface area (Å²) in [6, 6.07) is 0. The van der Waals surface area contributed by atoms with Gasteiger partial charge in [-0.2, -0.15) is 0 Å². The Kier molecular flexibility index (Phi) is 35.5. The summed E-state index contributed by atoms with van der Waals surface area (Å²) in [5.41, 5.74) is 0. The quantitative estimate of drug-likeness (QED) is 0.0518. The number of aliphatic carboxylic acids is 2. The molecule has 14 nitrogen and oxygen atoms in total. The number of unbranched alkanes of at least 4 members (excludes halogenated alkanes) is 2. The third kappa shape index (κ3) is 40.5. The van der Waals surface area contributed by atoms with E-state index in [0.717, 1.165) is 65.0 Å². The highest BCUT2D eigenvalue weighted by Crippen LogP contribution is 1.92. The fourth-order valence-corrected chi connectivity index (χ4v) is 3.54. The van der Waals surface area contributed by atoms with Crippen LogP contribution in [-0.4, -0.2) is 154 Å². The molecule has 0 unspecified atom stereocenters. The van der Waals surface area contributed by atoms with Crippen LogP contribution in [0.15, 0.2) is 0 Å². The topological polar surface area (TPSA) is 178 Å². The van der Waals surface area contributed by atoms with Crippen molar-refractivity contribution in [3.05, 3.63) is 0 Å². The van der Waals surface area contributed by atoms with E-state index >= 15 is 0 Å². The van der Waals surface area contributed by atoms with Crippen molar-refractivity contribution in [3.8, 4) is 0 Å². The maximum absolute atomic E-state index is 10.4. The predicted molar refractivity (Wildman–Crippen MR) is 164 cm³/mol. The van der Waals surface area contributed by atoms with Crippen molar-refractivity contribution < 1.29 is 48.2 Å². The number of carboxylic acid groups (broad SMARTS) is 2. The van der Waals surface area contributed by atoms with Crippen LogP contribution in [-0.2, 0) is 38.0 Å². The van der Waals surface area contributed by atoms with Gasteiger partial charge < -0.3 is 59.9 Å². The fourth-order valence-electron chi connectivity index (χ4n) is 3.54. The van der Waals surface area contributed by atoms with E-state index in [4.69, 9.17) is 38.6 Å². The second-order valence-corrected chi connectivity index (χ2v) is 9.73. The highest BCUT2D eigenvalue weighted by molar-refractivity contribution is 5.67. The van der Waals surface area contributed by atoms with Gasteiger partial charge in [-0.1, -0.05) is 6.42 Å². The molecule has 0 spiro atoms. The average Bonchev–Trinajstić information content (AvgIpc) is 2.98. The zero-order chi connectivity index (χ0) is 31.3. The Morgan fingerprint density at radius 3 is 1.02 bits per heavy atom. The maximum Gasteiger partial charge on any atom is 0.304 e. The normalized spacial score (nSPS) is 11.3. The van der Waals surface area contributed by atoms with Gasteiger partial charge in [-0.05, 0) is 51.9 Å². The molecule has 0 aromatic carbocycles. The Bertz CT molecular complexity index is 545. The van der Waals surface area contributed by atoms with Crippen LogP contribution in [0.3, 0.4) is 0 Å². The van der Waals surface area contributed by atoms with Gasteiger partial charge in [0.1, 0.15) is 0 Å². The number of hydrogen-bond donors (Lipinski definition) is 6. The molecule has 0 aromatic heterocycles. The first kappa shape index (κ1) is 41.5. The van der Waals surface area contributed by atoms with Crippen LogP contribution < -0.4 is 21.3 Å². The molecular formula is C29H60N4O10. The molecule has 0 saturated carbocycles. The fraction of sp³-hybridized carbons (Fsp3) is 0.931. The van der Waals surface area contributed by atoms with Crippen molar-refractivity contribution in [2.24, 2.45) is 0 Å². The number of rotatable bonds is 38. The maximum atomic E-state index is 10.4. The molecule has 0 aliphatic rings. The molecule has 0 amide bonds. The van der Waals surface area contributed by atoms with E-state index in [1.807, 2.05) is 0 Å². The third-order valence-corrected chi connectivity index (χ3v) is 5.86. The van der Waals surface area contributed by atoms with Crippen LogP contribution in [0.25, 0.3) is 0 Å². The lowest BCUT2D eigenvalue weighted by Gasteiger charge is -2.09. The van der Waals surface area contributed by atoms with Crippen molar-refractivity contribution in [1.29, 1.82) is 0 Å². The van der Waals surface area contributed by atoms with E-state index in [-0.39, 0.29) is 12.8 Å². The van der Waals surface area contributed by atoms with Crippen LogP contribution in [0.1, 0.15) is 44.9 Å². The Labute approximate surface area is 258 Å². The first-order valence-electron chi connectivity index (χ1n) is 15.9. The zero-order valence-corrected chi connectivity index (χ0v) is 26.3. The van der Waals surface area contributed by atoms with E-state index in [9.17, 15) is 9.59 Å². The molecule has 0 saturated heterocycles. The number of carboxylic acids is 2. The average molecular weight is 625 g/mol. The Balaban J connectivity index is 3.04. The van der Waals surface area contributed by atoms with Crippen LogP contribution in [0.2, 0.25) is 0 Å². The lowest BCUT2D eigenvalue weighted by atomic mass is 10.2. The molecule has 256 valence electrons. The smallest absolute Gasteiger partial charge is 0.304 e. The highest BCUT2D eigenvalue weighted by atomic mass is 16.5. The van der Waals surface area contributed by atoms with Crippen molar-refractivity contribution in [2.45, 2.75) is 44.9 Å². The minimum absolute atomic E-state index is 0.142. The van der Waals surface area contributed by atoms with Gasteiger partial charge in [-0.25, -0.2) is 0 Å². The largest absolute Gasteiger partial charge is 0.481 e. The Morgan fingerprint density at radius 1 is 0.349 bits per heavy atom. The summed E-state index contributed by atoms with van der Waals surface area (Å²) in [6.07, 6.45) is 5.44. The molecule has 0 heterocycles. The summed E-state index contributed by atoms with van der Waals surface area (Å²) >= 11 is 0. The molecule has 0 aliphatic carbocycles. The molecule has 0 aromatic rings. The first-order valence-corrected chi connectivity index (χ1v) is 15.9. The van der Waals surface area contributed by atoms with E-state index < -0.39 is 11.9 Å². The second-order valence-electron chi connectivity index (χ2n) is 9.73. The number of hydrogen-bond acceptors (Lipinski definition) is 12. The minimum atomic E-state index is -0.787. The third-order valence-electron chi connectivity index (χ3n) is 5.86. The molecule has 43 heavy (non-hydrogen) atoms. The molecule has 0 atom stereocenters. The summed E-state index contributed by atoms with van der Waals surface area (Å²) in [5, 5.41) is 30.0. The standard InChI is InChI=1S/C29H60N4O10/c34-28(35)6-12-30-10-4-16-38-20-24-42-26-22-40-18-14-32-8-2-1-3-9-33-15-19-41-23-27-43-25-21-39-17-5-11-31-13-7-29(36)37/h30-33H,1-27H2,(H,34,35)(H,36,37). The number of ether oxygens (including phenoxy) is 6. The van der Waals surface area contributed by atoms with Gasteiger partial charge in [0.15, 0.2) is 0 Å². The summed E-state index contributed by atoms with van der Waals surface area (Å²) in [5.74, 6) is -1.57. The van der Waals surface area contributed by atoms with E-state index in [2.05, 4.69) is 21.3 Å². The molecule has 0 bridgehead atoms. The molecular weight excluding hydrogens is 564 g/mol. The van der Waals surface area contributed by atoms with Crippen molar-refractivity contribution >= 4 is 11.9 Å². The number of carbonyl (C=O) groups is 2. The lowest BCUT2D eigenvalue weighted by molar-refractivity contribution is -0.137. The van der Waals surface area contributed by atoms with Gasteiger partial charge in [0.25, 0.3) is 0 Å². The van der Waals surface area contributed by atoms with E-state index in [0.29, 0.717) is 92.4 Å². The number of nitrogens with one attached hydrogen (secondary N) is 4. The Hall–Kier alpha value is -1.46. The Morgan fingerprint density at radius 2 is 0.651 bits per heavy atom. The molecule has 0 radical (unpaired) electrons. The molecule has 0 aliphatic heterocycles. The monoisotopic (exact) mass is 624 g/mol. The SMILES string of the molecule is O=C(O)CCNCCCOCCOCCOCCNCCCCCNCCOCCOCCOCCCNCCC(=O)O. The summed E-state index contributed by atoms with van der Waals surface area (Å²) < 4.78 is 33.0. The molecule has 14 heteroatoms. The lowest BCUT2D eigenvalue weighted by Crippen LogP contribution is -2.23. The van der Waals surface area contributed by atoms with Gasteiger partial charge in [0, 0.05) is 39.4 Å². The van der Waals surface area contributed by atoms with Gasteiger partial charge in [-0.3, -0.25) is 9.59 Å². The van der Waals surface area contributed by atoms with Crippen LogP contribution in [0.5, 0.6) is 0 Å². The van der Waals surface area contributed by atoms with Crippen molar-refractivity contribution in [2.75, 3.05) is 132 Å². The van der Waals surface area contributed by atoms with Crippen molar-refractivity contribution in [1.82, 2.24) is 21.3 Å². The van der Waals surface area contributed by atoms with Crippen molar-refractivity contribution in [3.63, 3.8) is 0 Å². The van der Waals surface area contributed by atoms with Crippen LogP contribution in [0.4, 0.5) is 0 Å². The highest BCUT2D eigenvalue weighted by Gasteiger charge is 1.98. The molecule has 0 rings (SSSR count).